The highest BCUT2D eigenvalue weighted by Crippen LogP contribution is 2.22. The first-order valence-corrected chi connectivity index (χ1v) is 5.93. The quantitative estimate of drug-likeness (QED) is 0.630. The molecule has 1 rings (SSSR count). The second kappa shape index (κ2) is 6.78. The van der Waals surface area contributed by atoms with E-state index in [1.807, 2.05) is 6.92 Å². The van der Waals surface area contributed by atoms with Gasteiger partial charge < -0.3 is 4.74 Å². The fraction of sp³-hybridized carbons (Fsp3) is 0.769. The summed E-state index contributed by atoms with van der Waals surface area (Å²) in [6.07, 6.45) is 8.61. The smallest absolute Gasteiger partial charge is 0.139 e. The minimum Gasteiger partial charge on any atom is -0.385 e. The third kappa shape index (κ3) is 4.61. The maximum atomic E-state index is 11.8. The lowest BCUT2D eigenvalue weighted by atomic mass is 9.91. The fourth-order valence-corrected chi connectivity index (χ4v) is 1.92. The van der Waals surface area contributed by atoms with Crippen LogP contribution in [0, 0.1) is 5.92 Å². The number of Topliss-reactive ketones (excluding diaryl/α,β-unsaturated/α-hetero) is 1. The van der Waals surface area contributed by atoms with Crippen LogP contribution in [0.1, 0.15) is 45.4 Å². The highest BCUT2D eigenvalue weighted by atomic mass is 16.5. The van der Waals surface area contributed by atoms with Crippen molar-refractivity contribution in [2.24, 2.45) is 5.92 Å². The zero-order chi connectivity index (χ0) is 11.1. The van der Waals surface area contributed by atoms with Gasteiger partial charge in [0, 0.05) is 26.1 Å². The third-order valence-electron chi connectivity index (χ3n) is 3.09. The Kier molecular flexibility index (Phi) is 5.62. The standard InChI is InChI=1S/C13H22O2/c1-11(8-9-15-2)13(14)10-12-6-4-3-5-7-12/h6,11H,3-5,7-10H2,1-2H3. The predicted octanol–water partition coefficient (Wildman–Crippen LogP) is 3.12. The highest BCUT2D eigenvalue weighted by molar-refractivity contribution is 5.82. The molecule has 0 amide bonds. The summed E-state index contributed by atoms with van der Waals surface area (Å²) in [5.41, 5.74) is 1.36. The first-order chi connectivity index (χ1) is 7.24. The van der Waals surface area contributed by atoms with Gasteiger partial charge in [-0.05, 0) is 32.1 Å². The monoisotopic (exact) mass is 210 g/mol. The number of rotatable bonds is 6. The van der Waals surface area contributed by atoms with Gasteiger partial charge in [0.25, 0.3) is 0 Å². The average Bonchev–Trinajstić information content (AvgIpc) is 2.27. The number of carbonyl (C=O) groups is 1. The number of hydrogen-bond acceptors (Lipinski definition) is 2. The van der Waals surface area contributed by atoms with Crippen LogP contribution in [0.5, 0.6) is 0 Å². The van der Waals surface area contributed by atoms with Crippen molar-refractivity contribution in [3.63, 3.8) is 0 Å². The SMILES string of the molecule is COCCC(C)C(=O)CC1=CCCCC1. The number of allylic oxidation sites excluding steroid dienone is 2. The van der Waals surface area contributed by atoms with Crippen LogP contribution in [0.2, 0.25) is 0 Å². The molecule has 2 heteroatoms. The molecule has 86 valence electrons. The molecule has 0 aromatic heterocycles. The van der Waals surface area contributed by atoms with Crippen molar-refractivity contribution in [3.8, 4) is 0 Å². The van der Waals surface area contributed by atoms with Gasteiger partial charge >= 0.3 is 0 Å². The molecule has 1 aliphatic carbocycles. The first kappa shape index (κ1) is 12.4. The van der Waals surface area contributed by atoms with Crippen molar-refractivity contribution < 1.29 is 9.53 Å². The normalized spacial score (nSPS) is 18.4. The Balaban J connectivity index is 2.30. The Labute approximate surface area is 92.7 Å². The molecule has 1 unspecified atom stereocenters. The molecule has 1 atom stereocenters. The molecule has 0 aliphatic heterocycles. The number of hydrogen-bond donors (Lipinski definition) is 0. The molecular weight excluding hydrogens is 188 g/mol. The van der Waals surface area contributed by atoms with Crippen molar-refractivity contribution in [1.82, 2.24) is 0 Å². The number of ether oxygens (including phenoxy) is 1. The topological polar surface area (TPSA) is 26.3 Å². The molecule has 0 saturated heterocycles. The Morgan fingerprint density at radius 1 is 1.53 bits per heavy atom. The summed E-state index contributed by atoms with van der Waals surface area (Å²) >= 11 is 0. The summed E-state index contributed by atoms with van der Waals surface area (Å²) in [4.78, 5) is 11.8. The van der Waals surface area contributed by atoms with Gasteiger partial charge in [-0.2, -0.15) is 0 Å². The van der Waals surface area contributed by atoms with Crippen LogP contribution in [0.4, 0.5) is 0 Å². The number of carbonyl (C=O) groups excluding carboxylic acids is 1. The summed E-state index contributed by atoms with van der Waals surface area (Å²) in [6.45, 7) is 2.69. The Hall–Kier alpha value is -0.630. The molecule has 0 aromatic carbocycles. The van der Waals surface area contributed by atoms with Crippen LogP contribution >= 0.6 is 0 Å². The molecule has 0 radical (unpaired) electrons. The Morgan fingerprint density at radius 3 is 2.93 bits per heavy atom. The lowest BCUT2D eigenvalue weighted by molar-refractivity contribution is -0.122. The molecule has 15 heavy (non-hydrogen) atoms. The van der Waals surface area contributed by atoms with Crippen molar-refractivity contribution in [2.75, 3.05) is 13.7 Å². The Morgan fingerprint density at radius 2 is 2.33 bits per heavy atom. The lowest BCUT2D eigenvalue weighted by Gasteiger charge is -2.14. The van der Waals surface area contributed by atoms with E-state index in [1.54, 1.807) is 7.11 Å². The van der Waals surface area contributed by atoms with Crippen LogP contribution < -0.4 is 0 Å². The summed E-state index contributed by atoms with van der Waals surface area (Å²) in [5, 5.41) is 0. The number of methoxy groups -OCH3 is 1. The Bertz CT molecular complexity index is 231. The number of ketones is 1. The maximum Gasteiger partial charge on any atom is 0.139 e. The lowest BCUT2D eigenvalue weighted by Crippen LogP contribution is -2.14. The molecule has 0 spiro atoms. The molecular formula is C13H22O2. The van der Waals surface area contributed by atoms with Gasteiger partial charge in [-0.15, -0.1) is 0 Å². The summed E-state index contributed by atoms with van der Waals surface area (Å²) in [7, 11) is 1.68. The van der Waals surface area contributed by atoms with Crippen LogP contribution in [-0.4, -0.2) is 19.5 Å². The van der Waals surface area contributed by atoms with E-state index in [0.29, 0.717) is 18.8 Å². The van der Waals surface area contributed by atoms with E-state index in [0.717, 1.165) is 19.3 Å². The van der Waals surface area contributed by atoms with Crippen LogP contribution in [0.15, 0.2) is 11.6 Å². The van der Waals surface area contributed by atoms with Crippen molar-refractivity contribution in [2.45, 2.75) is 45.4 Å². The molecule has 0 aromatic rings. The van der Waals surface area contributed by atoms with E-state index in [2.05, 4.69) is 6.08 Å². The van der Waals surface area contributed by atoms with Crippen LogP contribution in [0.25, 0.3) is 0 Å². The van der Waals surface area contributed by atoms with Crippen molar-refractivity contribution >= 4 is 5.78 Å². The molecule has 1 aliphatic rings. The van der Waals surface area contributed by atoms with Gasteiger partial charge in [0.15, 0.2) is 0 Å². The molecule has 0 N–H and O–H groups in total. The molecule has 0 saturated carbocycles. The first-order valence-electron chi connectivity index (χ1n) is 5.93. The van der Waals surface area contributed by atoms with Gasteiger partial charge in [0.1, 0.15) is 5.78 Å². The molecule has 0 fully saturated rings. The molecule has 0 heterocycles. The van der Waals surface area contributed by atoms with Crippen LogP contribution in [-0.2, 0) is 9.53 Å². The largest absolute Gasteiger partial charge is 0.385 e. The van der Waals surface area contributed by atoms with Crippen molar-refractivity contribution in [1.29, 1.82) is 0 Å². The van der Waals surface area contributed by atoms with Gasteiger partial charge in [0.05, 0.1) is 0 Å². The van der Waals surface area contributed by atoms with E-state index in [-0.39, 0.29) is 5.92 Å². The zero-order valence-electron chi connectivity index (χ0n) is 9.92. The van der Waals surface area contributed by atoms with E-state index >= 15 is 0 Å². The van der Waals surface area contributed by atoms with E-state index in [9.17, 15) is 4.79 Å². The second-order valence-electron chi connectivity index (χ2n) is 4.43. The van der Waals surface area contributed by atoms with Gasteiger partial charge in [-0.25, -0.2) is 0 Å². The second-order valence-corrected chi connectivity index (χ2v) is 4.43. The zero-order valence-corrected chi connectivity index (χ0v) is 9.92. The van der Waals surface area contributed by atoms with E-state index in [4.69, 9.17) is 4.74 Å². The fourth-order valence-electron chi connectivity index (χ4n) is 1.92. The van der Waals surface area contributed by atoms with Gasteiger partial charge in [-0.3, -0.25) is 4.79 Å². The van der Waals surface area contributed by atoms with Gasteiger partial charge in [0.2, 0.25) is 0 Å². The third-order valence-corrected chi connectivity index (χ3v) is 3.09. The molecule has 0 bridgehead atoms. The minimum atomic E-state index is 0.146. The molecule has 2 nitrogen and oxygen atoms in total. The minimum absolute atomic E-state index is 0.146. The summed E-state index contributed by atoms with van der Waals surface area (Å²) in [6, 6.07) is 0. The van der Waals surface area contributed by atoms with Crippen molar-refractivity contribution in [3.05, 3.63) is 11.6 Å². The van der Waals surface area contributed by atoms with E-state index < -0.39 is 0 Å². The van der Waals surface area contributed by atoms with Gasteiger partial charge in [-0.1, -0.05) is 18.6 Å². The average molecular weight is 210 g/mol. The van der Waals surface area contributed by atoms with E-state index in [1.165, 1.54) is 18.4 Å². The summed E-state index contributed by atoms with van der Waals surface area (Å²) < 4.78 is 4.99. The predicted molar refractivity (Wildman–Crippen MR) is 61.8 cm³/mol. The van der Waals surface area contributed by atoms with Crippen LogP contribution in [0.3, 0.4) is 0 Å². The summed E-state index contributed by atoms with van der Waals surface area (Å²) in [5.74, 6) is 0.521. The highest BCUT2D eigenvalue weighted by Gasteiger charge is 2.15. The maximum absolute atomic E-state index is 11.8.